The molecule has 2 aliphatic heterocycles. The van der Waals surface area contributed by atoms with Gasteiger partial charge in [-0.15, -0.1) is 0 Å². The van der Waals surface area contributed by atoms with Crippen molar-refractivity contribution in [3.05, 3.63) is 104 Å². The molecule has 0 saturated carbocycles. The van der Waals surface area contributed by atoms with Crippen molar-refractivity contribution in [1.29, 1.82) is 0 Å². The molecule has 7 nitrogen and oxygen atoms in total. The fraction of sp³-hybridized carbons (Fsp3) is 0.474. The number of aliphatic hydroxyl groups is 1. The molecule has 1 N–H and O–H groups in total. The zero-order valence-electron chi connectivity index (χ0n) is 29.0. The van der Waals surface area contributed by atoms with E-state index in [9.17, 15) is 9.90 Å². The van der Waals surface area contributed by atoms with Crippen LogP contribution in [0.5, 0.6) is 0 Å². The highest BCUT2D eigenvalue weighted by molar-refractivity contribution is 6.76. The third-order valence-electron chi connectivity index (χ3n) is 10.1. The fourth-order valence-electron chi connectivity index (χ4n) is 7.31. The summed E-state index contributed by atoms with van der Waals surface area (Å²) in [6.45, 7) is 11.4. The summed E-state index contributed by atoms with van der Waals surface area (Å²) in [5.74, 6) is -2.85. The Morgan fingerprint density at radius 3 is 2.22 bits per heavy atom. The summed E-state index contributed by atoms with van der Waals surface area (Å²) in [5.41, 5.74) is -1.84. The summed E-state index contributed by atoms with van der Waals surface area (Å²) >= 11 is 12.6. The van der Waals surface area contributed by atoms with Crippen molar-refractivity contribution in [1.82, 2.24) is 4.90 Å². The van der Waals surface area contributed by atoms with Crippen molar-refractivity contribution < 1.29 is 33.3 Å². The van der Waals surface area contributed by atoms with E-state index in [1.54, 1.807) is 61.5 Å². The Morgan fingerprint density at radius 2 is 1.67 bits per heavy atom. The largest absolute Gasteiger partial charge is 0.466 e. The molecule has 4 atom stereocenters. The Labute approximate surface area is 299 Å². The quantitative estimate of drug-likeness (QED) is 0.148. The zero-order valence-corrected chi connectivity index (χ0v) is 31.5. The second kappa shape index (κ2) is 14.8. The molecule has 11 heteroatoms. The number of rotatable bonds is 12. The third-order valence-corrected chi connectivity index (χ3v) is 12.3. The minimum absolute atomic E-state index is 0.00485. The summed E-state index contributed by atoms with van der Waals surface area (Å²) < 4.78 is 34.7. The van der Waals surface area contributed by atoms with Crippen LogP contribution in [-0.2, 0) is 30.3 Å². The molecule has 1 amide bonds. The number of hydrogen-bond donors (Lipinski definition) is 1. The van der Waals surface area contributed by atoms with Crippen LogP contribution in [-0.4, -0.2) is 56.9 Å². The number of methoxy groups -OCH3 is 1. The van der Waals surface area contributed by atoms with Crippen molar-refractivity contribution in [3.63, 3.8) is 0 Å². The maximum absolute atomic E-state index is 17.0. The summed E-state index contributed by atoms with van der Waals surface area (Å²) in [5, 5.41) is 13.0. The van der Waals surface area contributed by atoms with Gasteiger partial charge in [-0.05, 0) is 85.7 Å². The molecule has 1 saturated heterocycles. The first-order valence-corrected chi connectivity index (χ1v) is 21.4. The number of carbonyl (C=O) groups is 2. The van der Waals surface area contributed by atoms with E-state index in [2.05, 4.69) is 19.6 Å². The van der Waals surface area contributed by atoms with Crippen LogP contribution in [0.2, 0.25) is 35.7 Å². The monoisotopic (exact) mass is 729 g/mol. The second-order valence-corrected chi connectivity index (χ2v) is 20.8. The van der Waals surface area contributed by atoms with E-state index in [1.165, 1.54) is 18.1 Å². The Hall–Kier alpha value is -2.79. The molecule has 2 heterocycles. The average molecular weight is 731 g/mol. The number of benzene rings is 3. The van der Waals surface area contributed by atoms with Crippen LogP contribution in [0.3, 0.4) is 0 Å². The van der Waals surface area contributed by atoms with Crippen LogP contribution < -0.4 is 0 Å². The van der Waals surface area contributed by atoms with Gasteiger partial charge in [0.1, 0.15) is 5.82 Å². The number of amides is 1. The molecule has 0 aromatic heterocycles. The highest BCUT2D eigenvalue weighted by Gasteiger charge is 2.58. The molecule has 0 radical (unpaired) electrons. The van der Waals surface area contributed by atoms with E-state index in [-0.39, 0.29) is 23.7 Å². The SMILES string of the molecule is CCC(O)(c1cc(F)c2c(c1)C(=O)N(C(c1ccc(Cl)cc1)C(C)C(=O)OCC[Si](C)(C)C)[C@@]2(OC)c1ccc(Cl)cc1)C1CCOCC1. The van der Waals surface area contributed by atoms with Crippen LogP contribution in [0.1, 0.15) is 71.8 Å². The van der Waals surface area contributed by atoms with Gasteiger partial charge < -0.3 is 19.3 Å². The van der Waals surface area contributed by atoms with Crippen LogP contribution in [0, 0.1) is 17.7 Å². The first-order valence-electron chi connectivity index (χ1n) is 16.9. The predicted octanol–water partition coefficient (Wildman–Crippen LogP) is 8.72. The summed E-state index contributed by atoms with van der Waals surface area (Å²) in [4.78, 5) is 30.3. The maximum Gasteiger partial charge on any atom is 0.311 e. The smallest absolute Gasteiger partial charge is 0.311 e. The Kier molecular flexibility index (Phi) is 11.3. The van der Waals surface area contributed by atoms with E-state index in [0.29, 0.717) is 59.2 Å². The van der Waals surface area contributed by atoms with Gasteiger partial charge in [0.25, 0.3) is 5.91 Å². The van der Waals surface area contributed by atoms with E-state index >= 15 is 9.18 Å². The van der Waals surface area contributed by atoms with Crippen molar-refractivity contribution in [3.8, 4) is 0 Å². The summed E-state index contributed by atoms with van der Waals surface area (Å²) in [7, 11) is -0.0987. The van der Waals surface area contributed by atoms with Crippen molar-refractivity contribution in [2.24, 2.45) is 11.8 Å². The van der Waals surface area contributed by atoms with E-state index in [4.69, 9.17) is 37.4 Å². The molecule has 264 valence electrons. The molecule has 3 unspecified atom stereocenters. The minimum atomic E-state index is -1.82. The summed E-state index contributed by atoms with van der Waals surface area (Å²) in [6.07, 6.45) is 1.52. The molecule has 3 aromatic carbocycles. The van der Waals surface area contributed by atoms with Crippen molar-refractivity contribution in [2.75, 3.05) is 26.9 Å². The van der Waals surface area contributed by atoms with Gasteiger partial charge in [-0.2, -0.15) is 0 Å². The van der Waals surface area contributed by atoms with Gasteiger partial charge in [0.05, 0.1) is 35.3 Å². The molecule has 0 spiro atoms. The molecule has 1 fully saturated rings. The normalized spacial score (nSPS) is 20.9. The Morgan fingerprint density at radius 1 is 1.08 bits per heavy atom. The lowest BCUT2D eigenvalue weighted by Gasteiger charge is -2.44. The zero-order chi connectivity index (χ0) is 35.7. The number of hydrogen-bond acceptors (Lipinski definition) is 6. The third kappa shape index (κ3) is 7.21. The van der Waals surface area contributed by atoms with E-state index in [1.807, 2.05) is 6.92 Å². The molecule has 0 bridgehead atoms. The number of ether oxygens (including phenoxy) is 3. The van der Waals surface area contributed by atoms with Crippen LogP contribution in [0.4, 0.5) is 4.39 Å². The van der Waals surface area contributed by atoms with Gasteiger partial charge in [0, 0.05) is 44.0 Å². The Balaban J connectivity index is 1.73. The molecule has 5 rings (SSSR count). The molecule has 49 heavy (non-hydrogen) atoms. The molecule has 3 aromatic rings. The fourth-order valence-corrected chi connectivity index (χ4v) is 8.27. The van der Waals surface area contributed by atoms with Gasteiger partial charge in [-0.3, -0.25) is 14.5 Å². The van der Waals surface area contributed by atoms with Crippen LogP contribution >= 0.6 is 23.2 Å². The second-order valence-electron chi connectivity index (χ2n) is 14.3. The number of fused-ring (bicyclic) bond motifs is 1. The van der Waals surface area contributed by atoms with Crippen LogP contribution in [0.25, 0.3) is 0 Å². The number of nitrogens with zero attached hydrogens (tertiary/aromatic N) is 1. The van der Waals surface area contributed by atoms with Crippen LogP contribution in [0.15, 0.2) is 60.7 Å². The molecule has 2 aliphatic rings. The molecular formula is C38H46Cl2FNO6Si. The highest BCUT2D eigenvalue weighted by Crippen LogP contribution is 2.53. The van der Waals surface area contributed by atoms with Crippen molar-refractivity contribution >= 4 is 43.2 Å². The Bertz CT molecular complexity index is 1660. The number of esters is 1. The molecule has 0 aliphatic carbocycles. The van der Waals surface area contributed by atoms with E-state index < -0.39 is 49.1 Å². The van der Waals surface area contributed by atoms with Gasteiger partial charge in [-0.25, -0.2) is 4.39 Å². The van der Waals surface area contributed by atoms with Gasteiger partial charge in [-0.1, -0.05) is 74.0 Å². The molecular weight excluding hydrogens is 684 g/mol. The first-order chi connectivity index (χ1) is 23.2. The van der Waals surface area contributed by atoms with Gasteiger partial charge in [0.2, 0.25) is 0 Å². The topological polar surface area (TPSA) is 85.3 Å². The lowest BCUT2D eigenvalue weighted by Crippen LogP contribution is -2.51. The number of carbonyl (C=O) groups excluding carboxylic acids is 2. The van der Waals surface area contributed by atoms with E-state index in [0.717, 1.165) is 6.04 Å². The lowest BCUT2D eigenvalue weighted by atomic mass is 9.74. The first kappa shape index (κ1) is 37.5. The predicted molar refractivity (Wildman–Crippen MR) is 192 cm³/mol. The summed E-state index contributed by atoms with van der Waals surface area (Å²) in [6, 6.07) is 16.3. The average Bonchev–Trinajstić information content (AvgIpc) is 3.33. The minimum Gasteiger partial charge on any atom is -0.466 e. The standard InChI is InChI=1S/C38H46Cl2FNO6Si/c1-7-37(45,26-16-18-47-19-17-26)28-22-31-33(32(41)23-28)38(46-3,27-10-14-30(40)15-11-27)42(35(31)43)34(25-8-12-29(39)13-9-25)24(2)36(44)48-20-21-49(4,5)6/h8-15,22-24,26,34,45H,7,16-21H2,1-6H3/t24?,34?,37?,38-/m1/s1. The lowest BCUT2D eigenvalue weighted by molar-refractivity contribution is -0.155. The van der Waals surface area contributed by atoms with Crippen molar-refractivity contribution in [2.45, 2.75) is 76.2 Å². The van der Waals surface area contributed by atoms with Gasteiger partial charge >= 0.3 is 5.97 Å². The highest BCUT2D eigenvalue weighted by atomic mass is 35.5. The maximum atomic E-state index is 17.0. The number of halogens is 3. The van der Waals surface area contributed by atoms with Gasteiger partial charge in [0.15, 0.2) is 5.72 Å².